The minimum Gasteiger partial charge on any atom is -0.395 e. The van der Waals surface area contributed by atoms with Crippen LogP contribution in [0.3, 0.4) is 0 Å². The zero-order valence-electron chi connectivity index (χ0n) is 10.9. The summed E-state index contributed by atoms with van der Waals surface area (Å²) in [6.45, 7) is 10.7. The van der Waals surface area contributed by atoms with E-state index < -0.39 is 0 Å². The molecule has 0 fully saturated rings. The fourth-order valence-corrected chi connectivity index (χ4v) is 1.16. The lowest BCUT2D eigenvalue weighted by Gasteiger charge is -2.09. The number of nitrogens with zero attached hydrogens (tertiary/aromatic N) is 2. The van der Waals surface area contributed by atoms with E-state index in [9.17, 15) is 0 Å². The second-order valence-corrected chi connectivity index (χ2v) is 3.53. The van der Waals surface area contributed by atoms with Crippen LogP contribution in [0.2, 0.25) is 0 Å². The van der Waals surface area contributed by atoms with Crippen LogP contribution in [0.4, 0.5) is 5.82 Å². The minimum absolute atomic E-state index is 0.111. The number of hydrogen-bond acceptors (Lipinski definition) is 4. The van der Waals surface area contributed by atoms with Crippen LogP contribution < -0.4 is 5.32 Å². The highest BCUT2D eigenvalue weighted by Gasteiger charge is 2.04. The van der Waals surface area contributed by atoms with Gasteiger partial charge in [0, 0.05) is 18.3 Å². The smallest absolute Gasteiger partial charge is 0.130 e. The minimum atomic E-state index is 0.111. The van der Waals surface area contributed by atoms with Crippen LogP contribution in [-0.2, 0) is 0 Å². The molecule has 0 spiro atoms. The molecule has 0 bridgehead atoms. The Morgan fingerprint density at radius 1 is 1.31 bits per heavy atom. The third-order valence-electron chi connectivity index (χ3n) is 1.87. The number of aromatic nitrogens is 2. The number of aliphatic hydroxyl groups is 1. The molecular formula is C12H23N3O. The average Bonchev–Trinajstić information content (AvgIpc) is 2.28. The standard InChI is InChI=1S/C10H17N3O.C2H6/c1-7(2)9-6-10(11-4-5-14)13-8(3)12-9;1-2/h6-7,14H,4-5H2,1-3H3,(H,11,12,13);1-2H3. The maximum Gasteiger partial charge on any atom is 0.130 e. The van der Waals surface area contributed by atoms with Crippen molar-refractivity contribution in [3.05, 3.63) is 17.6 Å². The predicted octanol–water partition coefficient (Wildman–Crippen LogP) is 2.34. The van der Waals surface area contributed by atoms with E-state index in [-0.39, 0.29) is 6.61 Å². The molecule has 0 amide bonds. The highest BCUT2D eigenvalue weighted by molar-refractivity contribution is 5.36. The highest BCUT2D eigenvalue weighted by atomic mass is 16.3. The molecule has 0 radical (unpaired) electrons. The summed E-state index contributed by atoms with van der Waals surface area (Å²) in [5.74, 6) is 1.94. The summed E-state index contributed by atoms with van der Waals surface area (Å²) in [5.41, 5.74) is 1.03. The van der Waals surface area contributed by atoms with Gasteiger partial charge >= 0.3 is 0 Å². The van der Waals surface area contributed by atoms with Gasteiger partial charge in [-0.25, -0.2) is 9.97 Å². The van der Waals surface area contributed by atoms with Gasteiger partial charge in [0.25, 0.3) is 0 Å². The SMILES string of the molecule is CC.Cc1nc(NCCO)cc(C(C)C)n1. The summed E-state index contributed by atoms with van der Waals surface area (Å²) < 4.78 is 0. The molecule has 0 aliphatic rings. The lowest BCUT2D eigenvalue weighted by molar-refractivity contribution is 0.311. The van der Waals surface area contributed by atoms with Crippen LogP contribution in [0.1, 0.15) is 45.1 Å². The molecule has 1 aromatic rings. The molecule has 4 nitrogen and oxygen atoms in total. The van der Waals surface area contributed by atoms with Crippen LogP contribution in [0, 0.1) is 6.92 Å². The van der Waals surface area contributed by atoms with Crippen LogP contribution in [0.25, 0.3) is 0 Å². The topological polar surface area (TPSA) is 58.0 Å². The van der Waals surface area contributed by atoms with Gasteiger partial charge in [-0.2, -0.15) is 0 Å². The van der Waals surface area contributed by atoms with Crippen molar-refractivity contribution in [1.82, 2.24) is 9.97 Å². The summed E-state index contributed by atoms with van der Waals surface area (Å²) >= 11 is 0. The van der Waals surface area contributed by atoms with Gasteiger partial charge in [-0.15, -0.1) is 0 Å². The third kappa shape index (κ3) is 5.07. The second kappa shape index (κ2) is 8.05. The van der Waals surface area contributed by atoms with Gasteiger partial charge in [-0.1, -0.05) is 27.7 Å². The molecule has 0 unspecified atom stereocenters. The zero-order valence-corrected chi connectivity index (χ0v) is 10.9. The number of nitrogens with one attached hydrogen (secondary N) is 1. The lowest BCUT2D eigenvalue weighted by Crippen LogP contribution is -2.09. The van der Waals surface area contributed by atoms with E-state index >= 15 is 0 Å². The number of aliphatic hydroxyl groups excluding tert-OH is 1. The molecule has 1 rings (SSSR count). The third-order valence-corrected chi connectivity index (χ3v) is 1.87. The Balaban J connectivity index is 0.00000106. The Kier molecular flexibility index (Phi) is 7.46. The summed E-state index contributed by atoms with van der Waals surface area (Å²) in [6.07, 6.45) is 0. The van der Waals surface area contributed by atoms with Crippen molar-refractivity contribution in [3.8, 4) is 0 Å². The molecular weight excluding hydrogens is 202 g/mol. The highest BCUT2D eigenvalue weighted by Crippen LogP contribution is 2.14. The van der Waals surface area contributed by atoms with Gasteiger partial charge in [0.2, 0.25) is 0 Å². The number of hydrogen-bond donors (Lipinski definition) is 2. The maximum atomic E-state index is 8.67. The van der Waals surface area contributed by atoms with E-state index in [1.54, 1.807) is 0 Å². The van der Waals surface area contributed by atoms with Crippen molar-refractivity contribution in [3.63, 3.8) is 0 Å². The quantitative estimate of drug-likeness (QED) is 0.825. The molecule has 0 aliphatic heterocycles. The molecule has 16 heavy (non-hydrogen) atoms. The first kappa shape index (κ1) is 14.8. The molecule has 4 heteroatoms. The molecule has 0 saturated carbocycles. The molecule has 2 N–H and O–H groups in total. The van der Waals surface area contributed by atoms with Crippen LogP contribution in [0.15, 0.2) is 6.07 Å². The average molecular weight is 225 g/mol. The Labute approximate surface area is 98.1 Å². The van der Waals surface area contributed by atoms with Crippen LogP contribution >= 0.6 is 0 Å². The van der Waals surface area contributed by atoms with Crippen molar-refractivity contribution >= 4 is 5.82 Å². The number of aryl methyl sites for hydroxylation is 1. The normalized spacial score (nSPS) is 9.69. The molecule has 1 heterocycles. The van der Waals surface area contributed by atoms with E-state index in [0.717, 1.165) is 17.3 Å². The monoisotopic (exact) mass is 225 g/mol. The van der Waals surface area contributed by atoms with E-state index in [1.807, 2.05) is 26.8 Å². The maximum absolute atomic E-state index is 8.67. The zero-order chi connectivity index (χ0) is 12.6. The molecule has 0 atom stereocenters. The Morgan fingerprint density at radius 3 is 2.44 bits per heavy atom. The number of rotatable bonds is 4. The first-order valence-corrected chi connectivity index (χ1v) is 5.83. The molecule has 0 aliphatic carbocycles. The fraction of sp³-hybridized carbons (Fsp3) is 0.667. The summed E-state index contributed by atoms with van der Waals surface area (Å²) in [4.78, 5) is 8.55. The first-order valence-electron chi connectivity index (χ1n) is 5.83. The van der Waals surface area contributed by atoms with Crippen molar-refractivity contribution in [2.45, 2.75) is 40.5 Å². The summed E-state index contributed by atoms with van der Waals surface area (Å²) in [7, 11) is 0. The summed E-state index contributed by atoms with van der Waals surface area (Å²) in [6, 6.07) is 1.92. The Hall–Kier alpha value is -1.16. The van der Waals surface area contributed by atoms with Gasteiger partial charge in [0.05, 0.1) is 6.61 Å². The van der Waals surface area contributed by atoms with Gasteiger partial charge in [0.15, 0.2) is 0 Å². The van der Waals surface area contributed by atoms with Crippen molar-refractivity contribution in [2.24, 2.45) is 0 Å². The van der Waals surface area contributed by atoms with Gasteiger partial charge in [-0.3, -0.25) is 0 Å². The Morgan fingerprint density at radius 2 is 1.94 bits per heavy atom. The number of anilines is 1. The van der Waals surface area contributed by atoms with Crippen molar-refractivity contribution < 1.29 is 5.11 Å². The van der Waals surface area contributed by atoms with E-state index in [1.165, 1.54) is 0 Å². The van der Waals surface area contributed by atoms with Crippen molar-refractivity contribution in [1.29, 1.82) is 0 Å². The van der Waals surface area contributed by atoms with Crippen molar-refractivity contribution in [2.75, 3.05) is 18.5 Å². The fourth-order valence-electron chi connectivity index (χ4n) is 1.16. The van der Waals surface area contributed by atoms with E-state index in [0.29, 0.717) is 12.5 Å². The Bertz CT molecular complexity index is 300. The van der Waals surface area contributed by atoms with Crippen LogP contribution in [-0.4, -0.2) is 28.2 Å². The van der Waals surface area contributed by atoms with E-state index in [4.69, 9.17) is 5.11 Å². The predicted molar refractivity (Wildman–Crippen MR) is 67.8 cm³/mol. The second-order valence-electron chi connectivity index (χ2n) is 3.53. The van der Waals surface area contributed by atoms with Gasteiger partial charge in [0.1, 0.15) is 11.6 Å². The van der Waals surface area contributed by atoms with Gasteiger partial charge < -0.3 is 10.4 Å². The van der Waals surface area contributed by atoms with Crippen LogP contribution in [0.5, 0.6) is 0 Å². The molecule has 1 aromatic heterocycles. The molecule has 92 valence electrons. The first-order chi connectivity index (χ1) is 7.63. The van der Waals surface area contributed by atoms with Gasteiger partial charge in [-0.05, 0) is 12.8 Å². The molecule has 0 saturated heterocycles. The molecule has 0 aromatic carbocycles. The lowest BCUT2D eigenvalue weighted by atomic mass is 10.1. The summed E-state index contributed by atoms with van der Waals surface area (Å²) in [5, 5.41) is 11.7. The van der Waals surface area contributed by atoms with E-state index in [2.05, 4.69) is 29.1 Å². The largest absolute Gasteiger partial charge is 0.395 e.